The molecule has 4 nitrogen and oxygen atoms in total. The predicted octanol–water partition coefficient (Wildman–Crippen LogP) is 3.14. The molecule has 0 radical (unpaired) electrons. The molecule has 1 atom stereocenters. The second kappa shape index (κ2) is 6.27. The van der Waals surface area contributed by atoms with E-state index in [1.165, 1.54) is 0 Å². The van der Waals surface area contributed by atoms with E-state index in [0.29, 0.717) is 10.7 Å². The van der Waals surface area contributed by atoms with E-state index in [4.69, 9.17) is 11.6 Å². The molecular weight excluding hydrogens is 276 g/mol. The fraction of sp³-hybridized carbons (Fsp3) is 0.467. The number of anilines is 1. The third kappa shape index (κ3) is 4.53. The summed E-state index contributed by atoms with van der Waals surface area (Å²) in [7, 11) is 0. The molecule has 0 spiro atoms. The summed E-state index contributed by atoms with van der Waals surface area (Å²) in [6.45, 7) is 8.95. The molecule has 1 unspecified atom stereocenters. The zero-order chi connectivity index (χ0) is 15.5. The van der Waals surface area contributed by atoms with E-state index < -0.39 is 11.5 Å². The first-order valence-corrected chi connectivity index (χ1v) is 6.87. The van der Waals surface area contributed by atoms with Crippen LogP contribution >= 0.6 is 11.6 Å². The van der Waals surface area contributed by atoms with Crippen molar-refractivity contribution in [3.63, 3.8) is 0 Å². The van der Waals surface area contributed by atoms with Crippen LogP contribution in [0.2, 0.25) is 5.02 Å². The lowest BCUT2D eigenvalue weighted by Crippen LogP contribution is -2.46. The number of nitrogens with one attached hydrogen (secondary N) is 2. The van der Waals surface area contributed by atoms with Gasteiger partial charge in [-0.2, -0.15) is 0 Å². The van der Waals surface area contributed by atoms with Gasteiger partial charge in [-0.15, -0.1) is 0 Å². The zero-order valence-electron chi connectivity index (χ0n) is 12.5. The number of halogens is 1. The van der Waals surface area contributed by atoms with Gasteiger partial charge in [-0.3, -0.25) is 9.59 Å². The Morgan fingerprint density at radius 1 is 1.25 bits per heavy atom. The molecule has 0 aliphatic rings. The largest absolute Gasteiger partial charge is 0.344 e. The van der Waals surface area contributed by atoms with Crippen LogP contribution in [0.4, 0.5) is 5.69 Å². The van der Waals surface area contributed by atoms with Gasteiger partial charge < -0.3 is 10.6 Å². The van der Waals surface area contributed by atoms with Gasteiger partial charge in [0.25, 0.3) is 0 Å². The maximum atomic E-state index is 12.0. The number of carbonyl (C=O) groups excluding carboxylic acids is 2. The van der Waals surface area contributed by atoms with Gasteiger partial charge in [0.05, 0.1) is 10.7 Å². The Hall–Kier alpha value is -1.55. The molecule has 2 amide bonds. The highest BCUT2D eigenvalue weighted by atomic mass is 35.5. The number of rotatable bonds is 3. The van der Waals surface area contributed by atoms with Crippen LogP contribution in [0.3, 0.4) is 0 Å². The number of amides is 2. The predicted molar refractivity (Wildman–Crippen MR) is 81.9 cm³/mol. The third-order valence-corrected chi connectivity index (χ3v) is 3.12. The molecule has 2 N–H and O–H groups in total. The SMILES string of the molecule is Cc1ccc(NC(=O)C(C)NC(=O)C(C)(C)C)c(Cl)c1. The number of aryl methyl sites for hydroxylation is 1. The van der Waals surface area contributed by atoms with Crippen molar-refractivity contribution in [2.24, 2.45) is 5.41 Å². The summed E-state index contributed by atoms with van der Waals surface area (Å²) in [5.41, 5.74) is 1.02. The Kier molecular flexibility index (Phi) is 5.17. The fourth-order valence-corrected chi connectivity index (χ4v) is 1.72. The zero-order valence-corrected chi connectivity index (χ0v) is 13.3. The van der Waals surface area contributed by atoms with Gasteiger partial charge in [0.2, 0.25) is 11.8 Å². The summed E-state index contributed by atoms with van der Waals surface area (Å²) in [5.74, 6) is -0.469. The van der Waals surface area contributed by atoms with Crippen LogP contribution in [0.1, 0.15) is 33.3 Å². The van der Waals surface area contributed by atoms with Crippen molar-refractivity contribution in [3.8, 4) is 0 Å². The molecule has 20 heavy (non-hydrogen) atoms. The Morgan fingerprint density at radius 2 is 1.85 bits per heavy atom. The Labute approximate surface area is 124 Å². The van der Waals surface area contributed by atoms with Crippen LogP contribution in [-0.2, 0) is 9.59 Å². The lowest BCUT2D eigenvalue weighted by molar-refractivity contribution is -0.131. The van der Waals surface area contributed by atoms with E-state index in [1.54, 1.807) is 39.8 Å². The molecule has 0 aliphatic carbocycles. The molecule has 0 saturated heterocycles. The molecule has 1 aromatic carbocycles. The van der Waals surface area contributed by atoms with Crippen molar-refractivity contribution in [3.05, 3.63) is 28.8 Å². The molecule has 0 heterocycles. The second-order valence-electron chi connectivity index (χ2n) is 5.92. The first-order valence-electron chi connectivity index (χ1n) is 6.49. The molecule has 110 valence electrons. The Bertz CT molecular complexity index is 521. The molecular formula is C15H21ClN2O2. The molecule has 0 saturated carbocycles. The Morgan fingerprint density at radius 3 is 2.35 bits per heavy atom. The number of hydrogen-bond acceptors (Lipinski definition) is 2. The van der Waals surface area contributed by atoms with Crippen molar-refractivity contribution < 1.29 is 9.59 Å². The quantitative estimate of drug-likeness (QED) is 0.900. The summed E-state index contributed by atoms with van der Waals surface area (Å²) in [5, 5.41) is 5.86. The maximum absolute atomic E-state index is 12.0. The molecule has 0 fully saturated rings. The topological polar surface area (TPSA) is 58.2 Å². The first-order chi connectivity index (χ1) is 9.11. The monoisotopic (exact) mass is 296 g/mol. The molecule has 0 bridgehead atoms. The summed E-state index contributed by atoms with van der Waals surface area (Å²) in [6.07, 6.45) is 0. The minimum atomic E-state index is -0.626. The van der Waals surface area contributed by atoms with Crippen LogP contribution in [0.15, 0.2) is 18.2 Å². The van der Waals surface area contributed by atoms with Crippen LogP contribution < -0.4 is 10.6 Å². The van der Waals surface area contributed by atoms with Crippen molar-refractivity contribution >= 4 is 29.1 Å². The van der Waals surface area contributed by atoms with E-state index >= 15 is 0 Å². The van der Waals surface area contributed by atoms with E-state index in [9.17, 15) is 9.59 Å². The average Bonchev–Trinajstić information content (AvgIpc) is 2.31. The Balaban J connectivity index is 2.69. The molecule has 1 rings (SSSR count). The van der Waals surface area contributed by atoms with Gasteiger partial charge in [0, 0.05) is 5.41 Å². The summed E-state index contributed by atoms with van der Waals surface area (Å²) in [4.78, 5) is 23.9. The van der Waals surface area contributed by atoms with Gasteiger partial charge in [-0.25, -0.2) is 0 Å². The lowest BCUT2D eigenvalue weighted by Gasteiger charge is -2.21. The lowest BCUT2D eigenvalue weighted by atomic mass is 9.95. The number of benzene rings is 1. The highest BCUT2D eigenvalue weighted by Crippen LogP contribution is 2.22. The number of hydrogen-bond donors (Lipinski definition) is 2. The smallest absolute Gasteiger partial charge is 0.246 e. The van der Waals surface area contributed by atoms with Gasteiger partial charge in [0.15, 0.2) is 0 Å². The fourth-order valence-electron chi connectivity index (χ4n) is 1.44. The van der Waals surface area contributed by atoms with E-state index in [-0.39, 0.29) is 11.8 Å². The summed E-state index contributed by atoms with van der Waals surface area (Å²) in [6, 6.07) is 4.75. The molecule has 5 heteroatoms. The second-order valence-corrected chi connectivity index (χ2v) is 6.32. The van der Waals surface area contributed by atoms with Crippen molar-refractivity contribution in [1.82, 2.24) is 5.32 Å². The van der Waals surface area contributed by atoms with Crippen LogP contribution in [0.5, 0.6) is 0 Å². The van der Waals surface area contributed by atoms with Gasteiger partial charge >= 0.3 is 0 Å². The van der Waals surface area contributed by atoms with E-state index in [2.05, 4.69) is 10.6 Å². The highest BCUT2D eigenvalue weighted by molar-refractivity contribution is 6.33. The van der Waals surface area contributed by atoms with E-state index in [1.807, 2.05) is 13.0 Å². The molecule has 0 aromatic heterocycles. The van der Waals surface area contributed by atoms with Gasteiger partial charge in [-0.05, 0) is 31.5 Å². The van der Waals surface area contributed by atoms with Gasteiger partial charge in [-0.1, -0.05) is 38.4 Å². The van der Waals surface area contributed by atoms with Crippen molar-refractivity contribution in [2.75, 3.05) is 5.32 Å². The average molecular weight is 297 g/mol. The molecule has 0 aliphatic heterocycles. The van der Waals surface area contributed by atoms with Crippen LogP contribution in [0, 0.1) is 12.3 Å². The van der Waals surface area contributed by atoms with Crippen LogP contribution in [-0.4, -0.2) is 17.9 Å². The number of carbonyl (C=O) groups is 2. The molecule has 1 aromatic rings. The third-order valence-electron chi connectivity index (χ3n) is 2.80. The van der Waals surface area contributed by atoms with Gasteiger partial charge in [0.1, 0.15) is 6.04 Å². The highest BCUT2D eigenvalue weighted by Gasteiger charge is 2.25. The summed E-state index contributed by atoms with van der Waals surface area (Å²) >= 11 is 6.05. The first kappa shape index (κ1) is 16.5. The van der Waals surface area contributed by atoms with Crippen LogP contribution in [0.25, 0.3) is 0 Å². The minimum absolute atomic E-state index is 0.171. The van der Waals surface area contributed by atoms with Crippen molar-refractivity contribution in [1.29, 1.82) is 0 Å². The standard InChI is InChI=1S/C15H21ClN2O2/c1-9-6-7-12(11(16)8-9)18-13(19)10(2)17-14(20)15(3,4)5/h6-8,10H,1-5H3,(H,17,20)(H,18,19). The normalized spacial score (nSPS) is 12.7. The van der Waals surface area contributed by atoms with E-state index in [0.717, 1.165) is 5.56 Å². The summed E-state index contributed by atoms with van der Waals surface area (Å²) < 4.78 is 0. The maximum Gasteiger partial charge on any atom is 0.246 e. The minimum Gasteiger partial charge on any atom is -0.344 e. The van der Waals surface area contributed by atoms with Crippen molar-refractivity contribution in [2.45, 2.75) is 40.7 Å².